The summed E-state index contributed by atoms with van der Waals surface area (Å²) in [7, 11) is 0. The number of halogens is 3. The zero-order valence-corrected chi connectivity index (χ0v) is 18.5. The van der Waals surface area contributed by atoms with E-state index < -0.39 is 29.9 Å². The molecule has 1 aromatic heterocycles. The summed E-state index contributed by atoms with van der Waals surface area (Å²) in [5, 5.41) is 5.95. The van der Waals surface area contributed by atoms with Crippen LogP contribution in [0.4, 0.5) is 0 Å². The minimum absolute atomic E-state index is 0.122. The number of amides is 2. The Morgan fingerprint density at radius 2 is 1.69 bits per heavy atom. The first-order valence-electron chi connectivity index (χ1n) is 9.07. The first-order valence-corrected chi connectivity index (χ1v) is 10.2. The van der Waals surface area contributed by atoms with E-state index in [1.807, 2.05) is 0 Å². The van der Waals surface area contributed by atoms with Crippen molar-refractivity contribution in [2.75, 3.05) is 13.1 Å². The number of esters is 1. The van der Waals surface area contributed by atoms with Crippen molar-refractivity contribution < 1.29 is 19.1 Å². The molecule has 0 atom stereocenters. The third-order valence-corrected chi connectivity index (χ3v) is 4.89. The molecule has 32 heavy (non-hydrogen) atoms. The third kappa shape index (κ3) is 6.19. The number of fused-ring (bicyclic) bond motifs is 1. The van der Waals surface area contributed by atoms with Crippen LogP contribution in [0.25, 0.3) is 10.9 Å². The average Bonchev–Trinajstić information content (AvgIpc) is 2.74. The lowest BCUT2D eigenvalue weighted by molar-refractivity contribution is -0.145. The molecule has 0 saturated carbocycles. The Morgan fingerprint density at radius 3 is 2.44 bits per heavy atom. The van der Waals surface area contributed by atoms with Crippen molar-refractivity contribution >= 4 is 63.5 Å². The molecule has 166 valence electrons. The highest BCUT2D eigenvalue weighted by molar-refractivity contribution is 6.36. The van der Waals surface area contributed by atoms with E-state index in [-0.39, 0.29) is 29.6 Å². The Morgan fingerprint density at radius 1 is 0.969 bits per heavy atom. The lowest BCUT2D eigenvalue weighted by Crippen LogP contribution is -2.39. The van der Waals surface area contributed by atoms with Crippen LogP contribution in [0.15, 0.2) is 41.2 Å². The number of carbonyl (C=O) groups excluding carboxylic acids is 3. The standard InChI is InChI=1S/C20H15Cl3N4O5/c21-10-1-3-12(14(23)5-10)19(30)25-7-17(28)24-8-18(29)32-9-16-26-15-6-11(22)2-4-13(15)20(31)27-16/h1-6H,7-9H2,(H,24,28)(H,25,30)(H,26,27,31). The molecule has 0 fully saturated rings. The van der Waals surface area contributed by atoms with E-state index in [1.165, 1.54) is 30.3 Å². The second-order valence-corrected chi connectivity index (χ2v) is 7.70. The van der Waals surface area contributed by atoms with Gasteiger partial charge in [0.15, 0.2) is 0 Å². The Labute approximate surface area is 196 Å². The number of carbonyl (C=O) groups is 3. The number of H-pyrrole nitrogens is 1. The normalized spacial score (nSPS) is 10.6. The largest absolute Gasteiger partial charge is 0.456 e. The summed E-state index contributed by atoms with van der Waals surface area (Å²) in [6.07, 6.45) is 0. The molecule has 3 aromatic rings. The van der Waals surface area contributed by atoms with Gasteiger partial charge in [-0.25, -0.2) is 4.98 Å². The lowest BCUT2D eigenvalue weighted by atomic mass is 10.2. The van der Waals surface area contributed by atoms with Gasteiger partial charge in [-0.3, -0.25) is 19.2 Å². The van der Waals surface area contributed by atoms with Crippen molar-refractivity contribution in [1.82, 2.24) is 20.6 Å². The maximum absolute atomic E-state index is 12.1. The average molecular weight is 498 g/mol. The van der Waals surface area contributed by atoms with Crippen LogP contribution in [0.2, 0.25) is 15.1 Å². The summed E-state index contributed by atoms with van der Waals surface area (Å²) in [4.78, 5) is 54.5. The minimum atomic E-state index is -0.765. The SMILES string of the molecule is O=C(CNC(=O)c1ccc(Cl)cc1Cl)NCC(=O)OCc1nc2cc(Cl)ccc2c(=O)[nH]1. The lowest BCUT2D eigenvalue weighted by Gasteiger charge is -2.09. The van der Waals surface area contributed by atoms with Gasteiger partial charge in [0, 0.05) is 10.0 Å². The fourth-order valence-electron chi connectivity index (χ4n) is 2.59. The highest BCUT2D eigenvalue weighted by Crippen LogP contribution is 2.20. The maximum Gasteiger partial charge on any atom is 0.325 e. The van der Waals surface area contributed by atoms with Gasteiger partial charge in [0.25, 0.3) is 11.5 Å². The fraction of sp³-hybridized carbons (Fsp3) is 0.150. The van der Waals surface area contributed by atoms with Gasteiger partial charge in [0.1, 0.15) is 19.0 Å². The maximum atomic E-state index is 12.1. The van der Waals surface area contributed by atoms with Gasteiger partial charge in [0.2, 0.25) is 5.91 Å². The number of benzene rings is 2. The van der Waals surface area contributed by atoms with Gasteiger partial charge in [-0.1, -0.05) is 34.8 Å². The molecule has 0 saturated heterocycles. The Bertz CT molecular complexity index is 1260. The number of aromatic nitrogens is 2. The summed E-state index contributed by atoms with van der Waals surface area (Å²) < 4.78 is 5.00. The quantitative estimate of drug-likeness (QED) is 0.430. The topological polar surface area (TPSA) is 130 Å². The highest BCUT2D eigenvalue weighted by Gasteiger charge is 2.13. The molecule has 1 heterocycles. The van der Waals surface area contributed by atoms with Crippen molar-refractivity contribution in [3.05, 3.63) is 73.2 Å². The molecule has 0 unspecified atom stereocenters. The predicted molar refractivity (Wildman–Crippen MR) is 119 cm³/mol. The van der Waals surface area contributed by atoms with Crippen LogP contribution in [0.5, 0.6) is 0 Å². The summed E-state index contributed by atoms with van der Waals surface area (Å²) in [6.45, 7) is -1.14. The molecular formula is C20H15Cl3N4O5. The molecule has 0 aliphatic rings. The zero-order chi connectivity index (χ0) is 23.3. The van der Waals surface area contributed by atoms with Crippen LogP contribution in [0, 0.1) is 0 Å². The van der Waals surface area contributed by atoms with Crippen molar-refractivity contribution in [1.29, 1.82) is 0 Å². The van der Waals surface area contributed by atoms with Gasteiger partial charge in [-0.15, -0.1) is 0 Å². The second kappa shape index (κ2) is 10.4. The molecule has 2 amide bonds. The minimum Gasteiger partial charge on any atom is -0.456 e. The zero-order valence-electron chi connectivity index (χ0n) is 16.2. The van der Waals surface area contributed by atoms with Crippen LogP contribution in [0.1, 0.15) is 16.2 Å². The number of ether oxygens (including phenoxy) is 1. The van der Waals surface area contributed by atoms with Crippen LogP contribution < -0.4 is 16.2 Å². The Kier molecular flexibility index (Phi) is 7.68. The summed E-state index contributed by atoms with van der Waals surface area (Å²) in [5.74, 6) is -1.83. The van der Waals surface area contributed by atoms with Gasteiger partial charge in [-0.05, 0) is 36.4 Å². The van der Waals surface area contributed by atoms with Crippen molar-refractivity contribution in [2.45, 2.75) is 6.61 Å². The van der Waals surface area contributed by atoms with Crippen molar-refractivity contribution in [3.8, 4) is 0 Å². The van der Waals surface area contributed by atoms with Crippen molar-refractivity contribution in [3.63, 3.8) is 0 Å². The molecule has 9 nitrogen and oxygen atoms in total. The monoisotopic (exact) mass is 496 g/mol. The summed E-state index contributed by atoms with van der Waals surface area (Å²) in [5.41, 5.74) is 0.112. The first-order chi connectivity index (χ1) is 15.2. The van der Waals surface area contributed by atoms with Crippen LogP contribution >= 0.6 is 34.8 Å². The van der Waals surface area contributed by atoms with Gasteiger partial charge < -0.3 is 20.4 Å². The van der Waals surface area contributed by atoms with Crippen LogP contribution in [-0.4, -0.2) is 40.8 Å². The van der Waals surface area contributed by atoms with Gasteiger partial charge >= 0.3 is 5.97 Å². The molecule has 0 aliphatic carbocycles. The number of nitrogens with zero attached hydrogens (tertiary/aromatic N) is 1. The second-order valence-electron chi connectivity index (χ2n) is 6.42. The summed E-state index contributed by atoms with van der Waals surface area (Å²) >= 11 is 17.6. The predicted octanol–water partition coefficient (Wildman–Crippen LogP) is 2.47. The van der Waals surface area contributed by atoms with E-state index in [2.05, 4.69) is 20.6 Å². The molecule has 12 heteroatoms. The van der Waals surface area contributed by atoms with E-state index in [0.29, 0.717) is 20.9 Å². The fourth-order valence-corrected chi connectivity index (χ4v) is 3.25. The molecule has 0 aliphatic heterocycles. The van der Waals surface area contributed by atoms with Crippen LogP contribution in [0.3, 0.4) is 0 Å². The number of hydrogen-bond donors (Lipinski definition) is 3. The Hall–Kier alpha value is -3.14. The molecule has 0 spiro atoms. The molecule has 3 rings (SSSR count). The van der Waals surface area contributed by atoms with E-state index in [0.717, 1.165) is 0 Å². The Balaban J connectivity index is 1.45. The number of rotatable bonds is 7. The smallest absolute Gasteiger partial charge is 0.325 e. The number of hydrogen-bond acceptors (Lipinski definition) is 6. The summed E-state index contributed by atoms with van der Waals surface area (Å²) in [6, 6.07) is 8.94. The highest BCUT2D eigenvalue weighted by atomic mass is 35.5. The third-order valence-electron chi connectivity index (χ3n) is 4.10. The van der Waals surface area contributed by atoms with Crippen LogP contribution in [-0.2, 0) is 20.9 Å². The first kappa shape index (κ1) is 23.5. The van der Waals surface area contributed by atoms with E-state index in [9.17, 15) is 19.2 Å². The molecular weight excluding hydrogens is 483 g/mol. The number of aromatic amines is 1. The van der Waals surface area contributed by atoms with E-state index in [4.69, 9.17) is 39.5 Å². The van der Waals surface area contributed by atoms with E-state index in [1.54, 1.807) is 6.07 Å². The van der Waals surface area contributed by atoms with Crippen molar-refractivity contribution in [2.24, 2.45) is 0 Å². The molecule has 0 bridgehead atoms. The van der Waals surface area contributed by atoms with E-state index >= 15 is 0 Å². The van der Waals surface area contributed by atoms with Gasteiger partial charge in [-0.2, -0.15) is 0 Å². The van der Waals surface area contributed by atoms with Gasteiger partial charge in [0.05, 0.1) is 28.0 Å². The molecule has 0 radical (unpaired) electrons. The number of nitrogens with one attached hydrogen (secondary N) is 3. The molecule has 2 aromatic carbocycles. The molecule has 3 N–H and O–H groups in total.